The van der Waals surface area contributed by atoms with Gasteiger partial charge >= 0.3 is 12.5 Å². The predicted molar refractivity (Wildman–Crippen MR) is 113 cm³/mol. The number of aliphatic hydroxyl groups is 1. The van der Waals surface area contributed by atoms with Gasteiger partial charge in [0.05, 0.1) is 6.61 Å². The smallest absolute Gasteiger partial charge is 0.491 e. The summed E-state index contributed by atoms with van der Waals surface area (Å²) in [7, 11) is 0. The van der Waals surface area contributed by atoms with Gasteiger partial charge in [-0.2, -0.15) is 13.2 Å². The average molecular weight is 530 g/mol. The van der Waals surface area contributed by atoms with Crippen LogP contribution in [0.25, 0.3) is 0 Å². The van der Waals surface area contributed by atoms with Gasteiger partial charge < -0.3 is 19.9 Å². The number of carbonyl (C=O) groups is 1. The molecule has 13 heteroatoms. The van der Waals surface area contributed by atoms with E-state index in [1.807, 2.05) is 0 Å². The molecule has 0 aliphatic carbocycles. The van der Waals surface area contributed by atoms with Crippen molar-refractivity contribution in [3.63, 3.8) is 0 Å². The van der Waals surface area contributed by atoms with Gasteiger partial charge in [0.25, 0.3) is 5.91 Å². The van der Waals surface area contributed by atoms with Crippen molar-refractivity contribution in [2.45, 2.75) is 30.6 Å². The summed E-state index contributed by atoms with van der Waals surface area (Å²) in [6, 6.07) is 9.73. The van der Waals surface area contributed by atoms with Gasteiger partial charge in [-0.15, -0.1) is 13.2 Å². The molecular weight excluding hydrogens is 513 g/mol. The zero-order valence-electron chi connectivity index (χ0n) is 18.5. The Hall–Kier alpha value is -3.87. The minimum Gasteiger partial charge on any atom is -0.491 e. The second-order valence-corrected chi connectivity index (χ2v) is 8.07. The van der Waals surface area contributed by atoms with E-state index in [4.69, 9.17) is 4.74 Å². The highest BCUT2D eigenvalue weighted by atomic mass is 19.4. The number of benzene rings is 2. The highest BCUT2D eigenvalue weighted by Crippen LogP contribution is 2.42. The number of carbonyl (C=O) groups excluding carboxylic acids is 1. The molecule has 2 N–H and O–H groups in total. The summed E-state index contributed by atoms with van der Waals surface area (Å²) in [5.41, 5.74) is -1.99. The fourth-order valence-electron chi connectivity index (χ4n) is 3.98. The number of nitrogens with one attached hydrogen (secondary N) is 1. The van der Waals surface area contributed by atoms with E-state index in [-0.39, 0.29) is 35.6 Å². The van der Waals surface area contributed by atoms with Crippen LogP contribution in [0.5, 0.6) is 11.5 Å². The number of rotatable bonds is 5. The van der Waals surface area contributed by atoms with E-state index in [2.05, 4.69) is 15.0 Å². The molecule has 1 aliphatic heterocycles. The van der Waals surface area contributed by atoms with Gasteiger partial charge in [0.15, 0.2) is 17.7 Å². The highest BCUT2D eigenvalue weighted by molar-refractivity contribution is 5.95. The van der Waals surface area contributed by atoms with Crippen molar-refractivity contribution >= 4 is 5.91 Å². The molecule has 0 spiro atoms. The molecule has 1 amide bonds. The summed E-state index contributed by atoms with van der Waals surface area (Å²) in [4.78, 5) is 17.4. The first-order valence-electron chi connectivity index (χ1n) is 10.6. The maximum atomic E-state index is 14.7. The molecule has 0 radical (unpaired) electrons. The predicted octanol–water partition coefficient (Wildman–Crippen LogP) is 5.17. The lowest BCUT2D eigenvalue weighted by molar-refractivity contribution is -0.275. The van der Waals surface area contributed by atoms with Crippen molar-refractivity contribution < 1.29 is 50.1 Å². The number of hydrogen-bond donors (Lipinski definition) is 2. The van der Waals surface area contributed by atoms with Crippen LogP contribution in [-0.4, -0.2) is 35.1 Å². The van der Waals surface area contributed by atoms with Gasteiger partial charge in [0, 0.05) is 18.2 Å². The summed E-state index contributed by atoms with van der Waals surface area (Å²) in [6.45, 7) is 0.0120. The van der Waals surface area contributed by atoms with Crippen LogP contribution in [0.1, 0.15) is 39.7 Å². The number of alkyl halides is 6. The topological polar surface area (TPSA) is 80.7 Å². The molecule has 2 heterocycles. The number of halogens is 7. The van der Waals surface area contributed by atoms with Gasteiger partial charge in [-0.05, 0) is 47.5 Å². The number of aliphatic hydroxyl groups excluding tert-OH is 1. The molecule has 0 saturated carbocycles. The molecule has 0 saturated heterocycles. The Balaban J connectivity index is 1.73. The van der Waals surface area contributed by atoms with Gasteiger partial charge in [0.1, 0.15) is 17.0 Å². The normalized spacial score (nSPS) is 18.4. The van der Waals surface area contributed by atoms with Crippen molar-refractivity contribution in [1.82, 2.24) is 10.3 Å². The molecule has 1 aromatic heterocycles. The van der Waals surface area contributed by atoms with Crippen molar-refractivity contribution in [1.29, 1.82) is 0 Å². The van der Waals surface area contributed by atoms with Crippen LogP contribution in [0, 0.1) is 5.82 Å². The molecule has 0 fully saturated rings. The first-order valence-corrected chi connectivity index (χ1v) is 10.6. The molecule has 37 heavy (non-hydrogen) atoms. The zero-order valence-corrected chi connectivity index (χ0v) is 18.5. The number of ether oxygens (including phenoxy) is 2. The van der Waals surface area contributed by atoms with Gasteiger partial charge in [-0.1, -0.05) is 18.2 Å². The van der Waals surface area contributed by atoms with Crippen molar-refractivity contribution in [2.24, 2.45) is 0 Å². The lowest BCUT2D eigenvalue weighted by Gasteiger charge is -2.39. The Bertz CT molecular complexity index is 1300. The number of hydrogen-bond acceptors (Lipinski definition) is 5. The second-order valence-electron chi connectivity index (χ2n) is 8.07. The Morgan fingerprint density at radius 3 is 2.41 bits per heavy atom. The largest absolute Gasteiger partial charge is 0.573 e. The second kappa shape index (κ2) is 9.54. The van der Waals surface area contributed by atoms with E-state index < -0.39 is 47.2 Å². The average Bonchev–Trinajstić information content (AvgIpc) is 2.83. The summed E-state index contributed by atoms with van der Waals surface area (Å²) >= 11 is 0. The molecular formula is C24H17F7N2O4. The van der Waals surface area contributed by atoms with Crippen molar-refractivity contribution in [3.05, 3.63) is 89.0 Å². The fraction of sp³-hybridized carbons (Fsp3) is 0.250. The Labute approximate surface area is 204 Å². The molecule has 196 valence electrons. The third-order valence-corrected chi connectivity index (χ3v) is 5.69. The first kappa shape index (κ1) is 26.2. The van der Waals surface area contributed by atoms with Crippen LogP contribution >= 0.6 is 0 Å². The maximum Gasteiger partial charge on any atom is 0.573 e. The molecule has 2 atom stereocenters. The van der Waals surface area contributed by atoms with Crippen LogP contribution < -0.4 is 14.8 Å². The quantitative estimate of drug-likeness (QED) is 0.445. The number of nitrogens with zero attached hydrogens (tertiary/aromatic N) is 1. The Kier molecular flexibility index (Phi) is 6.76. The van der Waals surface area contributed by atoms with Crippen molar-refractivity contribution in [2.75, 3.05) is 6.61 Å². The van der Waals surface area contributed by atoms with Gasteiger partial charge in [-0.3, -0.25) is 9.78 Å². The third-order valence-electron chi connectivity index (χ3n) is 5.69. The molecule has 1 aliphatic rings. The van der Waals surface area contributed by atoms with Crippen LogP contribution in [0.15, 0.2) is 60.8 Å². The maximum absolute atomic E-state index is 14.7. The SMILES string of the molecule is O=C(NC1(c2ccc(OC(F)(F)F)c(F)c2)CCOc2cccnc21)c1ccc([C@H](O)C(F)(F)F)cc1. The van der Waals surface area contributed by atoms with Crippen LogP contribution in [0.2, 0.25) is 0 Å². The fourth-order valence-corrected chi connectivity index (χ4v) is 3.98. The number of aromatic nitrogens is 1. The lowest BCUT2D eigenvalue weighted by Crippen LogP contribution is -2.50. The molecule has 3 aromatic rings. The highest BCUT2D eigenvalue weighted by Gasteiger charge is 2.44. The zero-order chi connectivity index (χ0) is 27.0. The van der Waals surface area contributed by atoms with E-state index in [1.165, 1.54) is 12.3 Å². The van der Waals surface area contributed by atoms with Crippen molar-refractivity contribution in [3.8, 4) is 11.5 Å². The Morgan fingerprint density at radius 1 is 1.08 bits per heavy atom. The van der Waals surface area contributed by atoms with Crippen LogP contribution in [-0.2, 0) is 5.54 Å². The summed E-state index contributed by atoms with van der Waals surface area (Å²) in [6.07, 6.45) is -11.4. The lowest BCUT2D eigenvalue weighted by atomic mass is 9.81. The molecule has 1 unspecified atom stereocenters. The summed E-state index contributed by atoms with van der Waals surface area (Å²) in [5, 5.41) is 12.1. The van der Waals surface area contributed by atoms with E-state index in [1.54, 1.807) is 6.07 Å². The van der Waals surface area contributed by atoms with E-state index in [0.29, 0.717) is 0 Å². The summed E-state index contributed by atoms with van der Waals surface area (Å²) in [5.74, 6) is -3.00. The number of amides is 1. The van der Waals surface area contributed by atoms with E-state index in [0.717, 1.165) is 42.5 Å². The monoisotopic (exact) mass is 530 g/mol. The number of fused-ring (bicyclic) bond motifs is 1. The minimum absolute atomic E-state index is 0.00740. The third kappa shape index (κ3) is 5.45. The molecule has 6 nitrogen and oxygen atoms in total. The molecule has 2 aromatic carbocycles. The van der Waals surface area contributed by atoms with Crippen LogP contribution in [0.3, 0.4) is 0 Å². The first-order chi connectivity index (χ1) is 17.3. The van der Waals surface area contributed by atoms with Crippen LogP contribution in [0.4, 0.5) is 30.7 Å². The van der Waals surface area contributed by atoms with E-state index in [9.17, 15) is 40.6 Å². The minimum atomic E-state index is -5.13. The Morgan fingerprint density at radius 2 is 1.78 bits per heavy atom. The molecule has 0 bridgehead atoms. The standard InChI is InChI=1S/C24H17F7N2O4/c25-16-12-15(7-8-17(16)37-24(29,30)31)22(9-11-36-18-2-1-10-32-19(18)22)33-21(35)14-5-3-13(4-6-14)20(34)23(26,27)28/h1-8,10,12,20,34H,9,11H2,(H,33,35)/t20-,22?/m0/s1. The number of pyridine rings is 1. The van der Waals surface area contributed by atoms with E-state index >= 15 is 0 Å². The summed E-state index contributed by atoms with van der Waals surface area (Å²) < 4.78 is 100. The molecule has 4 rings (SSSR count). The van der Waals surface area contributed by atoms with Gasteiger partial charge in [-0.25, -0.2) is 4.39 Å². The van der Waals surface area contributed by atoms with Gasteiger partial charge in [0.2, 0.25) is 0 Å².